The molecule has 1 rings (SSSR count). The Kier molecular flexibility index (Phi) is 5.41. The highest BCUT2D eigenvalue weighted by atomic mass is 16.1. The van der Waals surface area contributed by atoms with Crippen LogP contribution < -0.4 is 4.90 Å². The normalized spacial score (nSPS) is 9.28. The van der Waals surface area contributed by atoms with Gasteiger partial charge in [0.1, 0.15) is 6.29 Å². The van der Waals surface area contributed by atoms with Gasteiger partial charge in [-0.25, -0.2) is 0 Å². The van der Waals surface area contributed by atoms with Gasteiger partial charge in [-0.15, -0.1) is 0 Å². The van der Waals surface area contributed by atoms with Gasteiger partial charge >= 0.3 is 0 Å². The molecule has 0 amide bonds. The first-order chi connectivity index (χ1) is 8.72. The van der Waals surface area contributed by atoms with Gasteiger partial charge in [-0.05, 0) is 30.7 Å². The Balaban J connectivity index is 2.90. The van der Waals surface area contributed by atoms with Crippen molar-refractivity contribution < 1.29 is 4.79 Å². The maximum Gasteiger partial charge on any atom is 0.150 e. The monoisotopic (exact) mass is 241 g/mol. The van der Waals surface area contributed by atoms with Gasteiger partial charge in [0.05, 0.1) is 25.0 Å². The smallest absolute Gasteiger partial charge is 0.150 e. The van der Waals surface area contributed by atoms with Crippen molar-refractivity contribution >= 4 is 12.0 Å². The summed E-state index contributed by atoms with van der Waals surface area (Å²) in [4.78, 5) is 12.7. The van der Waals surface area contributed by atoms with Crippen molar-refractivity contribution in [1.29, 1.82) is 10.5 Å². The number of aryl methyl sites for hydroxylation is 1. The first kappa shape index (κ1) is 13.7. The fraction of sp³-hybridized carbons (Fsp3) is 0.357. The summed E-state index contributed by atoms with van der Waals surface area (Å²) in [5, 5.41) is 17.3. The van der Waals surface area contributed by atoms with Crippen molar-refractivity contribution in [3.05, 3.63) is 29.3 Å². The molecule has 92 valence electrons. The van der Waals surface area contributed by atoms with Crippen LogP contribution in [0.1, 0.15) is 28.8 Å². The van der Waals surface area contributed by atoms with Gasteiger partial charge in [-0.3, -0.25) is 4.79 Å². The molecule has 18 heavy (non-hydrogen) atoms. The van der Waals surface area contributed by atoms with E-state index in [9.17, 15) is 4.79 Å². The largest absolute Gasteiger partial charge is 0.369 e. The number of hydrogen-bond donors (Lipinski definition) is 0. The van der Waals surface area contributed by atoms with Crippen molar-refractivity contribution in [2.75, 3.05) is 18.0 Å². The standard InChI is InChI=1S/C14H15N3O/c1-12-10-14(5-4-13(12)11-18)17(8-2-6-15)9-3-7-16/h4-5,10-11H,2-3,8-9H2,1H3. The van der Waals surface area contributed by atoms with E-state index >= 15 is 0 Å². The molecule has 0 aliphatic heterocycles. The fourth-order valence-electron chi connectivity index (χ4n) is 1.73. The molecular formula is C14H15N3O. The van der Waals surface area contributed by atoms with Gasteiger partial charge < -0.3 is 4.90 Å². The Hall–Kier alpha value is -2.33. The lowest BCUT2D eigenvalue weighted by molar-refractivity contribution is 0.112. The zero-order valence-corrected chi connectivity index (χ0v) is 10.4. The molecule has 0 saturated carbocycles. The van der Waals surface area contributed by atoms with E-state index in [1.165, 1.54) is 0 Å². The average Bonchev–Trinajstić information content (AvgIpc) is 2.39. The second-order valence-corrected chi connectivity index (χ2v) is 3.96. The lowest BCUT2D eigenvalue weighted by atomic mass is 10.1. The predicted octanol–water partition coefficient (Wildman–Crippen LogP) is 2.44. The number of anilines is 1. The molecule has 0 aromatic heterocycles. The molecule has 0 N–H and O–H groups in total. The van der Waals surface area contributed by atoms with E-state index in [2.05, 4.69) is 12.1 Å². The number of aldehydes is 1. The Morgan fingerprint density at radius 1 is 1.22 bits per heavy atom. The number of nitrogens with zero attached hydrogens (tertiary/aromatic N) is 3. The molecule has 1 aromatic rings. The highest BCUT2D eigenvalue weighted by Crippen LogP contribution is 2.19. The van der Waals surface area contributed by atoms with Gasteiger partial charge in [0.25, 0.3) is 0 Å². The molecule has 4 heteroatoms. The Labute approximate surface area is 107 Å². The number of benzene rings is 1. The molecule has 0 saturated heterocycles. The molecule has 1 aromatic carbocycles. The Morgan fingerprint density at radius 3 is 2.28 bits per heavy atom. The molecule has 0 heterocycles. The number of nitriles is 2. The van der Waals surface area contributed by atoms with Crippen LogP contribution in [0.25, 0.3) is 0 Å². The lowest BCUT2D eigenvalue weighted by Crippen LogP contribution is -2.25. The maximum absolute atomic E-state index is 10.8. The molecule has 0 radical (unpaired) electrons. The number of rotatable bonds is 6. The van der Waals surface area contributed by atoms with Crippen LogP contribution in [0, 0.1) is 29.6 Å². The van der Waals surface area contributed by atoms with Crippen LogP contribution in [0.15, 0.2) is 18.2 Å². The van der Waals surface area contributed by atoms with Crippen LogP contribution in [0.5, 0.6) is 0 Å². The second kappa shape index (κ2) is 7.09. The summed E-state index contributed by atoms with van der Waals surface area (Å²) < 4.78 is 0. The van der Waals surface area contributed by atoms with Crippen molar-refractivity contribution in [3.8, 4) is 12.1 Å². The third-order valence-corrected chi connectivity index (χ3v) is 2.73. The highest BCUT2D eigenvalue weighted by Gasteiger charge is 2.07. The Morgan fingerprint density at radius 2 is 1.83 bits per heavy atom. The number of carbonyl (C=O) groups is 1. The quantitative estimate of drug-likeness (QED) is 0.717. The van der Waals surface area contributed by atoms with Gasteiger partial charge in [0.15, 0.2) is 0 Å². The molecule has 0 aliphatic carbocycles. The van der Waals surface area contributed by atoms with Gasteiger partial charge in [0.2, 0.25) is 0 Å². The summed E-state index contributed by atoms with van der Waals surface area (Å²) in [6, 6.07) is 9.74. The summed E-state index contributed by atoms with van der Waals surface area (Å²) >= 11 is 0. The molecule has 0 atom stereocenters. The minimum Gasteiger partial charge on any atom is -0.369 e. The number of carbonyl (C=O) groups excluding carboxylic acids is 1. The first-order valence-corrected chi connectivity index (χ1v) is 5.77. The zero-order valence-electron chi connectivity index (χ0n) is 10.4. The third kappa shape index (κ3) is 3.61. The second-order valence-electron chi connectivity index (χ2n) is 3.96. The van der Waals surface area contributed by atoms with Crippen LogP contribution in [0.2, 0.25) is 0 Å². The van der Waals surface area contributed by atoms with Crippen molar-refractivity contribution in [2.45, 2.75) is 19.8 Å². The van der Waals surface area contributed by atoms with Gasteiger partial charge in [0, 0.05) is 24.3 Å². The van der Waals surface area contributed by atoms with Crippen molar-refractivity contribution in [1.82, 2.24) is 0 Å². The molecule has 0 aliphatic rings. The van der Waals surface area contributed by atoms with E-state index in [0.717, 1.165) is 17.5 Å². The van der Waals surface area contributed by atoms with Crippen molar-refractivity contribution in [2.24, 2.45) is 0 Å². The van der Waals surface area contributed by atoms with Crippen molar-refractivity contribution in [3.63, 3.8) is 0 Å². The summed E-state index contributed by atoms with van der Waals surface area (Å²) in [7, 11) is 0. The van der Waals surface area contributed by atoms with E-state index in [1.807, 2.05) is 24.0 Å². The van der Waals surface area contributed by atoms with Gasteiger partial charge in [-0.1, -0.05) is 0 Å². The van der Waals surface area contributed by atoms with Crippen LogP contribution in [0.3, 0.4) is 0 Å². The molecular weight excluding hydrogens is 226 g/mol. The molecule has 0 spiro atoms. The van der Waals surface area contributed by atoms with E-state index in [0.29, 0.717) is 31.5 Å². The summed E-state index contributed by atoms with van der Waals surface area (Å²) in [5.74, 6) is 0. The topological polar surface area (TPSA) is 67.9 Å². The summed E-state index contributed by atoms with van der Waals surface area (Å²) in [5.41, 5.74) is 2.52. The fourth-order valence-corrected chi connectivity index (χ4v) is 1.73. The van der Waals surface area contributed by atoms with E-state index in [-0.39, 0.29) is 0 Å². The van der Waals surface area contributed by atoms with Crippen LogP contribution in [-0.2, 0) is 0 Å². The maximum atomic E-state index is 10.8. The third-order valence-electron chi connectivity index (χ3n) is 2.73. The minimum absolute atomic E-state index is 0.417. The van der Waals surface area contributed by atoms with E-state index < -0.39 is 0 Å². The van der Waals surface area contributed by atoms with E-state index in [4.69, 9.17) is 10.5 Å². The van der Waals surface area contributed by atoms with Gasteiger partial charge in [-0.2, -0.15) is 10.5 Å². The average molecular weight is 241 g/mol. The first-order valence-electron chi connectivity index (χ1n) is 5.77. The SMILES string of the molecule is Cc1cc(N(CCC#N)CCC#N)ccc1C=O. The molecule has 0 unspecified atom stereocenters. The van der Waals surface area contributed by atoms with Crippen LogP contribution in [-0.4, -0.2) is 19.4 Å². The summed E-state index contributed by atoms with van der Waals surface area (Å²) in [6.07, 6.45) is 1.66. The molecule has 0 bridgehead atoms. The van der Waals surface area contributed by atoms with Crippen LogP contribution >= 0.6 is 0 Å². The van der Waals surface area contributed by atoms with Crippen LogP contribution in [0.4, 0.5) is 5.69 Å². The zero-order chi connectivity index (χ0) is 13.4. The minimum atomic E-state index is 0.417. The molecule has 4 nitrogen and oxygen atoms in total. The highest BCUT2D eigenvalue weighted by molar-refractivity contribution is 5.78. The Bertz CT molecular complexity index is 479. The predicted molar refractivity (Wildman–Crippen MR) is 69.2 cm³/mol. The summed E-state index contributed by atoms with van der Waals surface area (Å²) in [6.45, 7) is 3.07. The van der Waals surface area contributed by atoms with E-state index in [1.54, 1.807) is 6.07 Å². The molecule has 0 fully saturated rings. The lowest BCUT2D eigenvalue weighted by Gasteiger charge is -2.23. The number of hydrogen-bond acceptors (Lipinski definition) is 4.